The van der Waals surface area contributed by atoms with Crippen molar-refractivity contribution in [2.24, 2.45) is 0 Å². The predicted molar refractivity (Wildman–Crippen MR) is 103 cm³/mol. The van der Waals surface area contributed by atoms with Crippen LogP contribution in [0.5, 0.6) is 11.5 Å². The van der Waals surface area contributed by atoms with Crippen LogP contribution >= 0.6 is 0 Å². The fraction of sp³-hybridized carbons (Fsp3) is 0.0952. The zero-order chi connectivity index (χ0) is 19.9. The minimum Gasteiger partial charge on any atom is -0.484 e. The lowest BCUT2D eigenvalue weighted by Crippen LogP contribution is -2.20. The second-order valence-electron chi connectivity index (χ2n) is 5.96. The van der Waals surface area contributed by atoms with Crippen molar-refractivity contribution in [1.29, 1.82) is 0 Å². The fourth-order valence-corrected chi connectivity index (χ4v) is 2.51. The van der Waals surface area contributed by atoms with E-state index in [2.05, 4.69) is 15.5 Å². The van der Waals surface area contributed by atoms with Gasteiger partial charge in [-0.25, -0.2) is 0 Å². The zero-order valence-corrected chi connectivity index (χ0v) is 15.3. The fourth-order valence-electron chi connectivity index (χ4n) is 2.51. The second-order valence-corrected chi connectivity index (χ2v) is 5.96. The van der Waals surface area contributed by atoms with Crippen LogP contribution in [0.3, 0.4) is 0 Å². The van der Waals surface area contributed by atoms with Crippen molar-refractivity contribution < 1.29 is 23.2 Å². The topological polar surface area (TPSA) is 99.6 Å². The summed E-state index contributed by atoms with van der Waals surface area (Å²) in [5.74, 6) is 1.52. The molecule has 1 amide bonds. The Balaban J connectivity index is 1.35. The number of hydrogen-bond acceptors (Lipinski definition) is 7. The number of carbonyl (C=O) groups excluding carboxylic acids is 1. The van der Waals surface area contributed by atoms with Gasteiger partial charge in [-0.2, -0.15) is 4.98 Å². The van der Waals surface area contributed by atoms with E-state index in [-0.39, 0.29) is 19.1 Å². The maximum absolute atomic E-state index is 12.2. The number of ether oxygens (including phenoxy) is 2. The van der Waals surface area contributed by atoms with E-state index in [1.165, 1.54) is 12.5 Å². The van der Waals surface area contributed by atoms with Gasteiger partial charge in [0.15, 0.2) is 13.2 Å². The van der Waals surface area contributed by atoms with Crippen molar-refractivity contribution in [2.45, 2.75) is 6.61 Å². The summed E-state index contributed by atoms with van der Waals surface area (Å²) in [5.41, 5.74) is 1.21. The first-order valence-corrected chi connectivity index (χ1v) is 8.82. The molecule has 0 spiro atoms. The number of nitrogens with one attached hydrogen (secondary N) is 1. The summed E-state index contributed by atoms with van der Waals surface area (Å²) in [4.78, 5) is 16.5. The van der Waals surface area contributed by atoms with Gasteiger partial charge in [0.1, 0.15) is 17.8 Å². The van der Waals surface area contributed by atoms with Gasteiger partial charge in [0.25, 0.3) is 11.8 Å². The van der Waals surface area contributed by atoms with Crippen molar-refractivity contribution in [3.63, 3.8) is 0 Å². The molecule has 0 aliphatic carbocycles. The third-order valence-electron chi connectivity index (χ3n) is 3.87. The van der Waals surface area contributed by atoms with Gasteiger partial charge >= 0.3 is 0 Å². The van der Waals surface area contributed by atoms with Crippen molar-refractivity contribution in [3.05, 3.63) is 79.0 Å². The summed E-state index contributed by atoms with van der Waals surface area (Å²) < 4.78 is 21.4. The average Bonchev–Trinajstić information content (AvgIpc) is 3.44. The molecule has 0 fully saturated rings. The molecule has 0 unspecified atom stereocenters. The van der Waals surface area contributed by atoms with Gasteiger partial charge in [-0.05, 0) is 30.3 Å². The Morgan fingerprint density at radius 1 is 1.00 bits per heavy atom. The van der Waals surface area contributed by atoms with Gasteiger partial charge in [0, 0.05) is 0 Å². The molecule has 0 saturated carbocycles. The Kier molecular flexibility index (Phi) is 5.52. The van der Waals surface area contributed by atoms with Crippen LogP contribution in [0.15, 0.2) is 82.1 Å². The van der Waals surface area contributed by atoms with E-state index in [4.69, 9.17) is 18.4 Å². The number of aromatic nitrogens is 2. The molecule has 0 atom stereocenters. The van der Waals surface area contributed by atoms with E-state index >= 15 is 0 Å². The maximum Gasteiger partial charge on any atom is 0.262 e. The smallest absolute Gasteiger partial charge is 0.262 e. The second kappa shape index (κ2) is 8.75. The number of amides is 1. The van der Waals surface area contributed by atoms with Crippen LogP contribution in [-0.2, 0) is 11.4 Å². The number of hydrogen-bond donors (Lipinski definition) is 1. The van der Waals surface area contributed by atoms with Gasteiger partial charge in [-0.1, -0.05) is 35.5 Å². The normalized spacial score (nSPS) is 10.5. The minimum absolute atomic E-state index is 0.0781. The standard InChI is InChI=1S/C21H17N3O5/c25-20(14-27-16-6-2-1-3-7-16)22-17-8-4-5-9-18(17)28-13-19-23-21(29-24-19)15-10-11-26-12-15/h1-12H,13-14H2,(H,22,25). The largest absolute Gasteiger partial charge is 0.484 e. The number of rotatable bonds is 8. The summed E-state index contributed by atoms with van der Waals surface area (Å²) in [6, 6.07) is 17.9. The highest BCUT2D eigenvalue weighted by molar-refractivity contribution is 5.93. The molecule has 0 bridgehead atoms. The molecule has 8 nitrogen and oxygen atoms in total. The molecule has 2 aromatic heterocycles. The van der Waals surface area contributed by atoms with Crippen molar-refractivity contribution in [3.8, 4) is 23.0 Å². The van der Waals surface area contributed by atoms with E-state index < -0.39 is 0 Å². The lowest BCUT2D eigenvalue weighted by atomic mass is 10.3. The number of para-hydroxylation sites is 3. The van der Waals surface area contributed by atoms with Crippen LogP contribution in [0.4, 0.5) is 5.69 Å². The molecule has 1 N–H and O–H groups in total. The summed E-state index contributed by atoms with van der Waals surface area (Å²) >= 11 is 0. The summed E-state index contributed by atoms with van der Waals surface area (Å²) in [6.45, 7) is -0.0357. The van der Waals surface area contributed by atoms with Gasteiger partial charge in [0.05, 0.1) is 17.5 Å². The number of benzene rings is 2. The number of carbonyl (C=O) groups is 1. The molecular formula is C21H17N3O5. The monoisotopic (exact) mass is 391 g/mol. The van der Waals surface area contributed by atoms with Crippen LogP contribution in [-0.4, -0.2) is 22.7 Å². The van der Waals surface area contributed by atoms with E-state index in [9.17, 15) is 4.79 Å². The lowest BCUT2D eigenvalue weighted by molar-refractivity contribution is -0.118. The first-order chi connectivity index (χ1) is 14.3. The van der Waals surface area contributed by atoms with Crippen molar-refractivity contribution in [2.75, 3.05) is 11.9 Å². The first kappa shape index (κ1) is 18.3. The molecule has 0 saturated heterocycles. The molecular weight excluding hydrogens is 374 g/mol. The Hall–Kier alpha value is -4.07. The summed E-state index contributed by atoms with van der Waals surface area (Å²) in [7, 11) is 0. The van der Waals surface area contributed by atoms with E-state index in [0.717, 1.165) is 0 Å². The van der Waals surface area contributed by atoms with Gasteiger partial charge in [-0.15, -0.1) is 0 Å². The number of furan rings is 1. The number of anilines is 1. The van der Waals surface area contributed by atoms with Crippen LogP contribution in [0.2, 0.25) is 0 Å². The van der Waals surface area contributed by atoms with E-state index in [0.29, 0.717) is 34.5 Å². The number of nitrogens with zero attached hydrogens (tertiary/aromatic N) is 2. The third kappa shape index (κ3) is 4.81. The molecule has 0 radical (unpaired) electrons. The van der Waals surface area contributed by atoms with Crippen LogP contribution in [0.1, 0.15) is 5.82 Å². The minimum atomic E-state index is -0.299. The molecule has 4 aromatic rings. The molecule has 146 valence electrons. The molecule has 4 rings (SSSR count). The van der Waals surface area contributed by atoms with Gasteiger partial charge in [0.2, 0.25) is 5.82 Å². The highest BCUT2D eigenvalue weighted by Crippen LogP contribution is 2.25. The lowest BCUT2D eigenvalue weighted by Gasteiger charge is -2.12. The maximum atomic E-state index is 12.2. The Morgan fingerprint density at radius 2 is 1.83 bits per heavy atom. The SMILES string of the molecule is O=C(COc1ccccc1)Nc1ccccc1OCc1noc(-c2ccoc2)n1. The summed E-state index contributed by atoms with van der Waals surface area (Å²) in [6.07, 6.45) is 3.04. The Labute approximate surface area is 166 Å². The van der Waals surface area contributed by atoms with Crippen molar-refractivity contribution in [1.82, 2.24) is 10.1 Å². The molecule has 8 heteroatoms. The Bertz CT molecular complexity index is 1060. The van der Waals surface area contributed by atoms with Crippen LogP contribution in [0.25, 0.3) is 11.5 Å². The quantitative estimate of drug-likeness (QED) is 0.486. The highest BCUT2D eigenvalue weighted by Gasteiger charge is 2.12. The zero-order valence-electron chi connectivity index (χ0n) is 15.3. The van der Waals surface area contributed by atoms with E-state index in [1.54, 1.807) is 42.5 Å². The highest BCUT2D eigenvalue weighted by atomic mass is 16.5. The molecule has 0 aliphatic rings. The summed E-state index contributed by atoms with van der Waals surface area (Å²) in [5, 5.41) is 6.66. The molecule has 2 heterocycles. The third-order valence-corrected chi connectivity index (χ3v) is 3.87. The first-order valence-electron chi connectivity index (χ1n) is 8.82. The molecule has 0 aliphatic heterocycles. The van der Waals surface area contributed by atoms with Crippen LogP contribution in [0, 0.1) is 0 Å². The van der Waals surface area contributed by atoms with Gasteiger partial charge in [-0.3, -0.25) is 4.79 Å². The van der Waals surface area contributed by atoms with Crippen LogP contribution < -0.4 is 14.8 Å². The molecule has 29 heavy (non-hydrogen) atoms. The average molecular weight is 391 g/mol. The Morgan fingerprint density at radius 3 is 2.66 bits per heavy atom. The predicted octanol–water partition coefficient (Wildman–Crippen LogP) is 3.93. The molecule has 2 aromatic carbocycles. The van der Waals surface area contributed by atoms with E-state index in [1.807, 2.05) is 18.2 Å². The van der Waals surface area contributed by atoms with Crippen molar-refractivity contribution >= 4 is 11.6 Å². The van der Waals surface area contributed by atoms with Gasteiger partial charge < -0.3 is 23.7 Å².